The van der Waals surface area contributed by atoms with Crippen LogP contribution in [0, 0.1) is 5.92 Å². The van der Waals surface area contributed by atoms with Crippen LogP contribution in [-0.4, -0.2) is 37.5 Å². The second-order valence-corrected chi connectivity index (χ2v) is 8.00. The molecule has 0 aliphatic carbocycles. The Morgan fingerprint density at radius 1 is 1.11 bits per heavy atom. The first kappa shape index (κ1) is 18.7. The van der Waals surface area contributed by atoms with Crippen LogP contribution in [-0.2, 0) is 16.0 Å². The normalized spacial score (nSPS) is 22.9. The number of hydrogen-bond donors (Lipinski definition) is 2. The Morgan fingerprint density at radius 3 is 2.54 bits per heavy atom. The van der Waals surface area contributed by atoms with E-state index in [0.717, 1.165) is 43.7 Å². The van der Waals surface area contributed by atoms with E-state index < -0.39 is 0 Å². The number of nitrogens with one attached hydrogen (secondary N) is 2. The van der Waals surface area contributed by atoms with E-state index in [1.807, 2.05) is 31.2 Å². The van der Waals surface area contributed by atoms with Crippen LogP contribution in [0.5, 0.6) is 0 Å². The van der Waals surface area contributed by atoms with Crippen LogP contribution in [0.25, 0.3) is 0 Å². The molecule has 2 aromatic rings. The molecule has 0 aromatic heterocycles. The van der Waals surface area contributed by atoms with Crippen LogP contribution in [0.1, 0.15) is 25.3 Å². The van der Waals surface area contributed by atoms with Gasteiger partial charge < -0.3 is 10.2 Å². The summed E-state index contributed by atoms with van der Waals surface area (Å²) < 4.78 is 0. The standard InChI is InChI=1S/C23H27N3O2/c1-17(23(28)26-16-22(27)24-20-9-5-6-10-21(20)26)25-13-11-19(12-14-25)15-18-7-3-2-4-8-18/h2-10,17,19H,11-16H2,1H3,(H,24,27)/p+1/t17-/m0/s1. The van der Waals surface area contributed by atoms with E-state index in [1.54, 1.807) is 4.90 Å². The van der Waals surface area contributed by atoms with Gasteiger partial charge in [0.1, 0.15) is 6.54 Å². The van der Waals surface area contributed by atoms with Crippen LogP contribution in [0.4, 0.5) is 11.4 Å². The van der Waals surface area contributed by atoms with Gasteiger partial charge in [-0.3, -0.25) is 14.5 Å². The molecule has 4 rings (SSSR count). The van der Waals surface area contributed by atoms with Crippen molar-refractivity contribution < 1.29 is 14.5 Å². The number of carbonyl (C=O) groups is 2. The van der Waals surface area contributed by atoms with E-state index in [4.69, 9.17) is 0 Å². The highest BCUT2D eigenvalue weighted by Gasteiger charge is 2.36. The van der Waals surface area contributed by atoms with Crippen molar-refractivity contribution in [1.82, 2.24) is 0 Å². The summed E-state index contributed by atoms with van der Waals surface area (Å²) >= 11 is 0. The zero-order chi connectivity index (χ0) is 19.5. The zero-order valence-corrected chi connectivity index (χ0v) is 16.4. The molecule has 1 saturated heterocycles. The van der Waals surface area contributed by atoms with Crippen molar-refractivity contribution >= 4 is 23.2 Å². The van der Waals surface area contributed by atoms with Crippen LogP contribution < -0.4 is 15.1 Å². The van der Waals surface area contributed by atoms with Gasteiger partial charge in [0.25, 0.3) is 5.91 Å². The molecule has 2 heterocycles. The molecule has 28 heavy (non-hydrogen) atoms. The monoisotopic (exact) mass is 378 g/mol. The number of likely N-dealkylation sites (tertiary alicyclic amines) is 1. The predicted molar refractivity (Wildman–Crippen MR) is 110 cm³/mol. The fourth-order valence-corrected chi connectivity index (χ4v) is 4.47. The Bertz CT molecular complexity index is 844. The molecule has 5 nitrogen and oxygen atoms in total. The third-order valence-electron chi connectivity index (χ3n) is 6.13. The molecule has 2 amide bonds. The maximum atomic E-state index is 13.2. The lowest BCUT2D eigenvalue weighted by Crippen LogP contribution is -3.17. The number of anilines is 2. The smallest absolute Gasteiger partial charge is 0.285 e. The third kappa shape index (κ3) is 3.94. The molecular weight excluding hydrogens is 350 g/mol. The molecule has 2 N–H and O–H groups in total. The SMILES string of the molecule is C[C@@H](C(=O)N1CC(=O)Nc2ccccc21)[NH+]1CCC(Cc2ccccc2)CC1. The van der Waals surface area contributed by atoms with Crippen molar-refractivity contribution in [3.05, 3.63) is 60.2 Å². The number of piperidine rings is 1. The van der Waals surface area contributed by atoms with Crippen LogP contribution >= 0.6 is 0 Å². The van der Waals surface area contributed by atoms with Crippen LogP contribution in [0.15, 0.2) is 54.6 Å². The molecule has 0 saturated carbocycles. The van der Waals surface area contributed by atoms with Crippen molar-refractivity contribution in [2.24, 2.45) is 5.92 Å². The molecule has 1 atom stereocenters. The van der Waals surface area contributed by atoms with E-state index in [1.165, 1.54) is 10.5 Å². The van der Waals surface area contributed by atoms with Gasteiger partial charge in [0.2, 0.25) is 5.91 Å². The van der Waals surface area contributed by atoms with Crippen molar-refractivity contribution in [2.45, 2.75) is 32.2 Å². The Balaban J connectivity index is 1.38. The number of rotatable bonds is 4. The molecule has 2 aliphatic rings. The Labute approximate surface area is 166 Å². The number of benzene rings is 2. The minimum Gasteiger partial charge on any atom is -0.325 e. The van der Waals surface area contributed by atoms with E-state index in [9.17, 15) is 9.59 Å². The molecule has 1 fully saturated rings. The molecule has 0 unspecified atom stereocenters. The molecule has 2 aromatic carbocycles. The Hall–Kier alpha value is -2.66. The summed E-state index contributed by atoms with van der Waals surface area (Å²) in [6.07, 6.45) is 3.40. The summed E-state index contributed by atoms with van der Waals surface area (Å²) in [5.74, 6) is 0.601. The van der Waals surface area contributed by atoms with E-state index in [2.05, 4.69) is 35.6 Å². The largest absolute Gasteiger partial charge is 0.325 e. The quantitative estimate of drug-likeness (QED) is 0.854. The summed E-state index contributed by atoms with van der Waals surface area (Å²) in [5, 5.41) is 2.85. The Morgan fingerprint density at radius 2 is 1.79 bits per heavy atom. The van der Waals surface area contributed by atoms with E-state index >= 15 is 0 Å². The molecule has 5 heteroatoms. The third-order valence-corrected chi connectivity index (χ3v) is 6.13. The maximum Gasteiger partial charge on any atom is 0.285 e. The molecule has 146 valence electrons. The van der Waals surface area contributed by atoms with Crippen LogP contribution in [0.3, 0.4) is 0 Å². The fourth-order valence-electron chi connectivity index (χ4n) is 4.47. The first-order valence-electron chi connectivity index (χ1n) is 10.2. The first-order valence-corrected chi connectivity index (χ1v) is 10.2. The lowest BCUT2D eigenvalue weighted by Gasteiger charge is -2.36. The summed E-state index contributed by atoms with van der Waals surface area (Å²) in [6, 6.07) is 18.0. The highest BCUT2D eigenvalue weighted by Crippen LogP contribution is 2.29. The van der Waals surface area contributed by atoms with Gasteiger partial charge in [-0.05, 0) is 49.8 Å². The lowest BCUT2D eigenvalue weighted by molar-refractivity contribution is -0.920. The topological polar surface area (TPSA) is 53.9 Å². The minimum atomic E-state index is -0.142. The number of fused-ring (bicyclic) bond motifs is 1. The van der Waals surface area contributed by atoms with E-state index in [-0.39, 0.29) is 24.4 Å². The van der Waals surface area contributed by atoms with Gasteiger partial charge in [-0.1, -0.05) is 42.5 Å². The number of hydrogen-bond acceptors (Lipinski definition) is 2. The minimum absolute atomic E-state index is 0.0406. The van der Waals surface area contributed by atoms with Gasteiger partial charge >= 0.3 is 0 Å². The molecular formula is C23H28N3O2+. The first-order chi connectivity index (χ1) is 13.6. The van der Waals surface area contributed by atoms with Gasteiger partial charge in [0.15, 0.2) is 6.04 Å². The number of quaternary nitrogens is 1. The van der Waals surface area contributed by atoms with Crippen molar-refractivity contribution in [3.8, 4) is 0 Å². The van der Waals surface area contributed by atoms with Crippen molar-refractivity contribution in [2.75, 3.05) is 29.9 Å². The van der Waals surface area contributed by atoms with Gasteiger partial charge in [-0.25, -0.2) is 0 Å². The summed E-state index contributed by atoms with van der Waals surface area (Å²) in [7, 11) is 0. The number of carbonyl (C=O) groups excluding carboxylic acids is 2. The van der Waals surface area contributed by atoms with Gasteiger partial charge in [-0.15, -0.1) is 0 Å². The average Bonchev–Trinajstić information content (AvgIpc) is 2.73. The molecule has 2 aliphatic heterocycles. The van der Waals surface area contributed by atoms with E-state index in [0.29, 0.717) is 5.92 Å². The van der Waals surface area contributed by atoms with Crippen molar-refractivity contribution in [3.63, 3.8) is 0 Å². The second kappa shape index (κ2) is 8.15. The molecule has 0 radical (unpaired) electrons. The number of nitrogens with zero attached hydrogens (tertiary/aromatic N) is 1. The molecule has 0 spiro atoms. The summed E-state index contributed by atoms with van der Waals surface area (Å²) in [6.45, 7) is 4.12. The number of para-hydroxylation sites is 2. The van der Waals surface area contributed by atoms with Gasteiger partial charge in [-0.2, -0.15) is 0 Å². The van der Waals surface area contributed by atoms with Crippen LogP contribution in [0.2, 0.25) is 0 Å². The summed E-state index contributed by atoms with van der Waals surface area (Å²) in [5.41, 5.74) is 2.92. The van der Waals surface area contributed by atoms with Gasteiger partial charge in [0.05, 0.1) is 24.5 Å². The Kier molecular flexibility index (Phi) is 5.44. The average molecular weight is 378 g/mol. The summed E-state index contributed by atoms with van der Waals surface area (Å²) in [4.78, 5) is 28.2. The highest BCUT2D eigenvalue weighted by atomic mass is 16.2. The van der Waals surface area contributed by atoms with Gasteiger partial charge in [0, 0.05) is 0 Å². The van der Waals surface area contributed by atoms with Crippen molar-refractivity contribution in [1.29, 1.82) is 0 Å². The fraction of sp³-hybridized carbons (Fsp3) is 0.391. The zero-order valence-electron chi connectivity index (χ0n) is 16.4. The molecule has 0 bridgehead atoms. The second-order valence-electron chi connectivity index (χ2n) is 8.00. The lowest BCUT2D eigenvalue weighted by atomic mass is 9.89. The predicted octanol–water partition coefficient (Wildman–Crippen LogP) is 1.90. The number of amides is 2. The highest BCUT2D eigenvalue weighted by molar-refractivity contribution is 6.10. The maximum absolute atomic E-state index is 13.2.